The Bertz CT molecular complexity index is 686. The van der Waals surface area contributed by atoms with Crippen molar-refractivity contribution in [3.05, 3.63) is 29.8 Å². The molecule has 2 atom stereocenters. The van der Waals surface area contributed by atoms with Crippen molar-refractivity contribution in [2.24, 2.45) is 0 Å². The first-order valence-electron chi connectivity index (χ1n) is 7.84. The van der Waals surface area contributed by atoms with Gasteiger partial charge >= 0.3 is 5.97 Å². The van der Waals surface area contributed by atoms with E-state index in [2.05, 4.69) is 10.6 Å². The Balaban J connectivity index is 2.83. The van der Waals surface area contributed by atoms with Crippen LogP contribution in [0.2, 0.25) is 0 Å². The minimum Gasteiger partial charge on any atom is -0.508 e. The molecule has 9 heteroatoms. The van der Waals surface area contributed by atoms with Crippen molar-refractivity contribution in [3.8, 4) is 5.75 Å². The van der Waals surface area contributed by atoms with E-state index < -0.39 is 35.7 Å². The molecule has 0 fully saturated rings. The fourth-order valence-corrected chi connectivity index (χ4v) is 2.21. The second kappa shape index (κ2) is 9.92. The highest BCUT2D eigenvalue weighted by Crippen LogP contribution is 2.12. The Morgan fingerprint density at radius 2 is 1.73 bits per heavy atom. The molecule has 0 aromatic heterocycles. The summed E-state index contributed by atoms with van der Waals surface area (Å²) in [5.74, 6) is -2.98. The van der Waals surface area contributed by atoms with Crippen LogP contribution in [-0.4, -0.2) is 52.1 Å². The Kier molecular flexibility index (Phi) is 7.94. The number of amides is 2. The third-order valence-electron chi connectivity index (χ3n) is 3.53. The average Bonchev–Trinajstić information content (AvgIpc) is 2.58. The van der Waals surface area contributed by atoms with Crippen molar-refractivity contribution in [1.29, 1.82) is 5.41 Å². The van der Waals surface area contributed by atoms with E-state index in [0.29, 0.717) is 11.8 Å². The van der Waals surface area contributed by atoms with Gasteiger partial charge in [0, 0.05) is 19.8 Å². The van der Waals surface area contributed by atoms with Gasteiger partial charge in [0.25, 0.3) is 0 Å². The zero-order chi connectivity index (χ0) is 19.7. The lowest BCUT2D eigenvalue weighted by Crippen LogP contribution is -2.52. The lowest BCUT2D eigenvalue weighted by Gasteiger charge is -2.21. The summed E-state index contributed by atoms with van der Waals surface area (Å²) in [5.41, 5.74) is 0.655. The van der Waals surface area contributed by atoms with Gasteiger partial charge in [-0.15, -0.1) is 0 Å². The Morgan fingerprint density at radius 3 is 2.23 bits per heavy atom. The van der Waals surface area contributed by atoms with Crippen LogP contribution < -0.4 is 10.6 Å². The Labute approximate surface area is 149 Å². The summed E-state index contributed by atoms with van der Waals surface area (Å²) in [6.45, 7) is 1.23. The van der Waals surface area contributed by atoms with Crippen molar-refractivity contribution in [1.82, 2.24) is 10.6 Å². The number of benzene rings is 1. The number of carboxylic acids is 1. The van der Waals surface area contributed by atoms with E-state index in [1.165, 1.54) is 19.1 Å². The third kappa shape index (κ3) is 7.12. The first-order valence-corrected chi connectivity index (χ1v) is 7.84. The number of carboxylic acid groups (broad SMARTS) is 1. The zero-order valence-corrected chi connectivity index (χ0v) is 14.2. The molecule has 0 radical (unpaired) electrons. The van der Waals surface area contributed by atoms with Crippen LogP contribution in [0.15, 0.2) is 24.3 Å². The largest absolute Gasteiger partial charge is 0.508 e. The summed E-state index contributed by atoms with van der Waals surface area (Å²) >= 11 is 0. The third-order valence-corrected chi connectivity index (χ3v) is 3.53. The van der Waals surface area contributed by atoms with Crippen molar-refractivity contribution in [2.75, 3.05) is 0 Å². The first kappa shape index (κ1) is 20.8. The molecule has 0 heterocycles. The molecule has 0 aliphatic heterocycles. The van der Waals surface area contributed by atoms with Crippen LogP contribution in [0.3, 0.4) is 0 Å². The number of hydrogen-bond acceptors (Lipinski definition) is 6. The number of rotatable bonds is 10. The van der Waals surface area contributed by atoms with Crippen LogP contribution in [-0.2, 0) is 25.6 Å². The van der Waals surface area contributed by atoms with E-state index in [-0.39, 0.29) is 25.0 Å². The molecule has 26 heavy (non-hydrogen) atoms. The van der Waals surface area contributed by atoms with Gasteiger partial charge in [0.15, 0.2) is 5.78 Å². The summed E-state index contributed by atoms with van der Waals surface area (Å²) in [6.07, 6.45) is 0.327. The SMILES string of the molecule is CC(=O)N[C@@H](Cc1ccc(O)cc1)C(=O)N[C@@H](CCC(=O)C=N)C(=O)O. The summed E-state index contributed by atoms with van der Waals surface area (Å²) in [4.78, 5) is 46.2. The van der Waals surface area contributed by atoms with Gasteiger partial charge in [-0.1, -0.05) is 12.1 Å². The van der Waals surface area contributed by atoms with Crippen LogP contribution in [0.1, 0.15) is 25.3 Å². The lowest BCUT2D eigenvalue weighted by molar-refractivity contribution is -0.142. The average molecular weight is 363 g/mol. The zero-order valence-electron chi connectivity index (χ0n) is 14.2. The van der Waals surface area contributed by atoms with Gasteiger partial charge in [0.2, 0.25) is 11.8 Å². The quantitative estimate of drug-likeness (QED) is 0.369. The number of Topliss-reactive ketones (excluding diaryl/α,β-unsaturated/α-hetero) is 1. The number of nitrogens with one attached hydrogen (secondary N) is 3. The molecule has 5 N–H and O–H groups in total. The fraction of sp³-hybridized carbons (Fsp3) is 0.353. The minimum atomic E-state index is -1.32. The maximum atomic E-state index is 12.4. The van der Waals surface area contributed by atoms with Gasteiger partial charge in [-0.05, 0) is 24.1 Å². The molecular weight excluding hydrogens is 342 g/mol. The Morgan fingerprint density at radius 1 is 1.12 bits per heavy atom. The van der Waals surface area contributed by atoms with E-state index in [1.54, 1.807) is 12.1 Å². The van der Waals surface area contributed by atoms with E-state index in [9.17, 15) is 29.4 Å². The molecule has 0 spiro atoms. The van der Waals surface area contributed by atoms with Gasteiger partial charge in [0.1, 0.15) is 17.8 Å². The highest BCUT2D eigenvalue weighted by atomic mass is 16.4. The van der Waals surface area contributed by atoms with Crippen molar-refractivity contribution < 1.29 is 29.4 Å². The maximum absolute atomic E-state index is 12.4. The normalized spacial score (nSPS) is 12.5. The predicted octanol–water partition coefficient (Wildman–Crippen LogP) is 0.00767. The summed E-state index contributed by atoms with van der Waals surface area (Å²) < 4.78 is 0. The topological polar surface area (TPSA) is 157 Å². The van der Waals surface area contributed by atoms with Gasteiger partial charge in [-0.3, -0.25) is 14.4 Å². The molecule has 0 saturated heterocycles. The smallest absolute Gasteiger partial charge is 0.326 e. The molecular formula is C17H21N3O6. The number of phenolic OH excluding ortho intramolecular Hbond substituents is 1. The summed E-state index contributed by atoms with van der Waals surface area (Å²) in [7, 11) is 0. The molecule has 0 aliphatic rings. The number of aromatic hydroxyl groups is 1. The second-order valence-corrected chi connectivity index (χ2v) is 5.67. The molecule has 0 saturated carbocycles. The number of phenols is 1. The van der Waals surface area contributed by atoms with Gasteiger partial charge in [-0.25, -0.2) is 4.79 Å². The summed E-state index contributed by atoms with van der Waals surface area (Å²) in [5, 5.41) is 30.1. The van der Waals surface area contributed by atoms with E-state index >= 15 is 0 Å². The van der Waals surface area contributed by atoms with Gasteiger partial charge in [0.05, 0.1) is 6.21 Å². The number of carbonyl (C=O) groups is 4. The van der Waals surface area contributed by atoms with Crippen LogP contribution in [0.25, 0.3) is 0 Å². The molecule has 0 unspecified atom stereocenters. The highest BCUT2D eigenvalue weighted by molar-refractivity contribution is 6.26. The molecule has 0 aliphatic carbocycles. The van der Waals surface area contributed by atoms with Crippen LogP contribution in [0.4, 0.5) is 0 Å². The number of carbonyl (C=O) groups excluding carboxylic acids is 3. The van der Waals surface area contributed by atoms with Gasteiger partial charge in [-0.2, -0.15) is 0 Å². The van der Waals surface area contributed by atoms with Crippen LogP contribution >= 0.6 is 0 Å². The van der Waals surface area contributed by atoms with E-state index in [4.69, 9.17) is 5.41 Å². The number of ketones is 1. The van der Waals surface area contributed by atoms with Gasteiger partial charge < -0.3 is 26.3 Å². The van der Waals surface area contributed by atoms with Crippen molar-refractivity contribution in [2.45, 2.75) is 38.3 Å². The molecule has 1 aromatic carbocycles. The molecule has 0 bridgehead atoms. The number of hydrogen-bond donors (Lipinski definition) is 5. The molecule has 140 valence electrons. The fourth-order valence-electron chi connectivity index (χ4n) is 2.21. The van der Waals surface area contributed by atoms with Crippen molar-refractivity contribution >= 4 is 29.8 Å². The molecule has 9 nitrogen and oxygen atoms in total. The predicted molar refractivity (Wildman–Crippen MR) is 92.0 cm³/mol. The van der Waals surface area contributed by atoms with Crippen molar-refractivity contribution in [3.63, 3.8) is 0 Å². The minimum absolute atomic E-state index is 0.0519. The molecule has 2 amide bonds. The lowest BCUT2D eigenvalue weighted by atomic mass is 10.0. The molecule has 1 aromatic rings. The molecule has 1 rings (SSSR count). The maximum Gasteiger partial charge on any atom is 0.326 e. The second-order valence-electron chi connectivity index (χ2n) is 5.67. The standard InChI is InChI=1S/C17H21N3O6/c1-10(21)19-15(8-11-2-4-12(22)5-3-11)16(24)20-14(17(25)26)7-6-13(23)9-18/h2-5,9,14-15,18,22H,6-8H2,1H3,(H,19,21)(H,20,24)(H,25,26)/t14-,15-/m0/s1. The van der Waals surface area contributed by atoms with E-state index in [1.807, 2.05) is 0 Å². The first-order chi connectivity index (χ1) is 12.2. The van der Waals surface area contributed by atoms with E-state index in [0.717, 1.165) is 0 Å². The number of aliphatic carboxylic acids is 1. The highest BCUT2D eigenvalue weighted by Gasteiger charge is 2.26. The summed E-state index contributed by atoms with van der Waals surface area (Å²) in [6, 6.07) is 3.69. The van der Waals surface area contributed by atoms with Crippen LogP contribution in [0, 0.1) is 5.41 Å². The Hall–Kier alpha value is -3.23. The monoisotopic (exact) mass is 363 g/mol. The van der Waals surface area contributed by atoms with Crippen LogP contribution in [0.5, 0.6) is 5.75 Å².